The third kappa shape index (κ3) is 3.92. The SMILES string of the molecule is Cc1cc(NN)nc(COC2CCCCCC2)n1. The van der Waals surface area contributed by atoms with E-state index in [0.29, 0.717) is 24.4 Å². The predicted octanol–water partition coefficient (Wildman–Crippen LogP) is 2.31. The van der Waals surface area contributed by atoms with Gasteiger partial charge in [0.25, 0.3) is 0 Å². The second-order valence-electron chi connectivity index (χ2n) is 4.88. The maximum Gasteiger partial charge on any atom is 0.156 e. The molecule has 1 saturated carbocycles. The summed E-state index contributed by atoms with van der Waals surface area (Å²) in [5, 5.41) is 0. The molecule has 0 spiro atoms. The molecule has 0 amide bonds. The number of aromatic nitrogens is 2. The quantitative estimate of drug-likeness (QED) is 0.487. The third-order valence-electron chi connectivity index (χ3n) is 3.30. The van der Waals surface area contributed by atoms with Gasteiger partial charge < -0.3 is 10.2 Å². The fraction of sp³-hybridized carbons (Fsp3) is 0.692. The molecule has 0 aromatic carbocycles. The zero-order chi connectivity index (χ0) is 12.8. The number of rotatable bonds is 4. The predicted molar refractivity (Wildman–Crippen MR) is 70.9 cm³/mol. The second kappa shape index (κ2) is 6.66. The molecule has 2 rings (SSSR count). The normalized spacial score (nSPS) is 17.4. The molecule has 18 heavy (non-hydrogen) atoms. The van der Waals surface area contributed by atoms with Gasteiger partial charge in [0.05, 0.1) is 6.10 Å². The molecule has 1 aromatic rings. The van der Waals surface area contributed by atoms with Crippen molar-refractivity contribution >= 4 is 5.82 Å². The average molecular weight is 250 g/mol. The number of nitrogens with zero attached hydrogens (tertiary/aromatic N) is 2. The van der Waals surface area contributed by atoms with Crippen LogP contribution in [-0.2, 0) is 11.3 Å². The molecule has 1 aliphatic carbocycles. The highest BCUT2D eigenvalue weighted by Gasteiger charge is 2.13. The van der Waals surface area contributed by atoms with Crippen LogP contribution in [0.25, 0.3) is 0 Å². The number of hydrogen-bond acceptors (Lipinski definition) is 5. The van der Waals surface area contributed by atoms with Crippen LogP contribution in [0.15, 0.2) is 6.07 Å². The molecule has 0 bridgehead atoms. The summed E-state index contributed by atoms with van der Waals surface area (Å²) in [7, 11) is 0. The molecule has 1 fully saturated rings. The van der Waals surface area contributed by atoms with Crippen LogP contribution in [0.2, 0.25) is 0 Å². The lowest BCUT2D eigenvalue weighted by Crippen LogP contribution is -2.15. The van der Waals surface area contributed by atoms with Gasteiger partial charge in [-0.15, -0.1) is 0 Å². The minimum Gasteiger partial charge on any atom is -0.370 e. The van der Waals surface area contributed by atoms with Crippen molar-refractivity contribution in [2.45, 2.75) is 58.2 Å². The standard InChI is InChI=1S/C13H22N4O/c1-10-8-12(17-14)16-13(15-10)9-18-11-6-4-2-3-5-7-11/h8,11H,2-7,9,14H2,1H3,(H,15,16,17). The first-order chi connectivity index (χ1) is 8.78. The van der Waals surface area contributed by atoms with Gasteiger partial charge in [0, 0.05) is 11.8 Å². The van der Waals surface area contributed by atoms with Crippen LogP contribution in [0.1, 0.15) is 50.0 Å². The van der Waals surface area contributed by atoms with E-state index in [-0.39, 0.29) is 0 Å². The molecule has 1 aromatic heterocycles. The number of hydrazine groups is 1. The molecular formula is C13H22N4O. The van der Waals surface area contributed by atoms with E-state index >= 15 is 0 Å². The van der Waals surface area contributed by atoms with E-state index in [2.05, 4.69) is 15.4 Å². The van der Waals surface area contributed by atoms with Crippen molar-refractivity contribution in [3.8, 4) is 0 Å². The molecule has 0 unspecified atom stereocenters. The van der Waals surface area contributed by atoms with Crippen molar-refractivity contribution in [3.05, 3.63) is 17.6 Å². The van der Waals surface area contributed by atoms with Crippen LogP contribution in [0, 0.1) is 6.92 Å². The summed E-state index contributed by atoms with van der Waals surface area (Å²) in [5.74, 6) is 6.71. The van der Waals surface area contributed by atoms with Gasteiger partial charge in [-0.1, -0.05) is 25.7 Å². The first-order valence-corrected chi connectivity index (χ1v) is 6.70. The van der Waals surface area contributed by atoms with E-state index in [4.69, 9.17) is 10.6 Å². The van der Waals surface area contributed by atoms with E-state index in [9.17, 15) is 0 Å². The van der Waals surface area contributed by atoms with Gasteiger partial charge >= 0.3 is 0 Å². The van der Waals surface area contributed by atoms with Gasteiger partial charge in [-0.2, -0.15) is 0 Å². The molecule has 0 atom stereocenters. The summed E-state index contributed by atoms with van der Waals surface area (Å²) >= 11 is 0. The topological polar surface area (TPSA) is 73.1 Å². The van der Waals surface area contributed by atoms with Gasteiger partial charge in [0.15, 0.2) is 5.82 Å². The van der Waals surface area contributed by atoms with E-state index in [1.54, 1.807) is 0 Å². The molecule has 0 radical (unpaired) electrons. The van der Waals surface area contributed by atoms with Crippen LogP contribution in [0.3, 0.4) is 0 Å². The molecule has 0 aliphatic heterocycles. The Morgan fingerprint density at radius 2 is 2.00 bits per heavy atom. The average Bonchev–Trinajstić information content (AvgIpc) is 2.64. The van der Waals surface area contributed by atoms with Crippen LogP contribution < -0.4 is 11.3 Å². The fourth-order valence-electron chi connectivity index (χ4n) is 2.37. The number of anilines is 1. The van der Waals surface area contributed by atoms with Crippen molar-refractivity contribution in [1.29, 1.82) is 0 Å². The Labute approximate surface area is 108 Å². The Bertz CT molecular complexity index is 375. The van der Waals surface area contributed by atoms with E-state index in [0.717, 1.165) is 18.5 Å². The lowest BCUT2D eigenvalue weighted by Gasteiger charge is -2.15. The summed E-state index contributed by atoms with van der Waals surface area (Å²) in [6.45, 7) is 2.40. The fourth-order valence-corrected chi connectivity index (χ4v) is 2.37. The van der Waals surface area contributed by atoms with Gasteiger partial charge in [0.2, 0.25) is 0 Å². The molecule has 0 saturated heterocycles. The number of nitrogens with one attached hydrogen (secondary N) is 1. The van der Waals surface area contributed by atoms with E-state index in [1.807, 2.05) is 13.0 Å². The number of ether oxygens (including phenoxy) is 1. The molecule has 1 aliphatic rings. The first-order valence-electron chi connectivity index (χ1n) is 6.70. The summed E-state index contributed by atoms with van der Waals surface area (Å²) in [6, 6.07) is 1.81. The zero-order valence-electron chi connectivity index (χ0n) is 11.0. The molecule has 5 heteroatoms. The highest BCUT2D eigenvalue weighted by Crippen LogP contribution is 2.20. The number of aryl methyl sites for hydroxylation is 1. The number of hydrogen-bond donors (Lipinski definition) is 2. The molecule has 5 nitrogen and oxygen atoms in total. The van der Waals surface area contributed by atoms with Crippen molar-refractivity contribution in [2.24, 2.45) is 5.84 Å². The van der Waals surface area contributed by atoms with Gasteiger partial charge in [-0.3, -0.25) is 0 Å². The number of nitrogen functional groups attached to an aromatic ring is 1. The maximum atomic E-state index is 5.91. The lowest BCUT2D eigenvalue weighted by atomic mass is 10.1. The van der Waals surface area contributed by atoms with Crippen molar-refractivity contribution in [2.75, 3.05) is 5.43 Å². The van der Waals surface area contributed by atoms with E-state index < -0.39 is 0 Å². The Hall–Kier alpha value is -1.20. The van der Waals surface area contributed by atoms with Gasteiger partial charge in [-0.05, 0) is 19.8 Å². The smallest absolute Gasteiger partial charge is 0.156 e. The van der Waals surface area contributed by atoms with E-state index in [1.165, 1.54) is 25.7 Å². The van der Waals surface area contributed by atoms with Crippen LogP contribution in [0.5, 0.6) is 0 Å². The summed E-state index contributed by atoms with van der Waals surface area (Å²) < 4.78 is 5.91. The highest BCUT2D eigenvalue weighted by atomic mass is 16.5. The summed E-state index contributed by atoms with van der Waals surface area (Å²) in [6.07, 6.45) is 7.90. The van der Waals surface area contributed by atoms with Crippen molar-refractivity contribution in [1.82, 2.24) is 9.97 Å². The minimum absolute atomic E-state index is 0.367. The lowest BCUT2D eigenvalue weighted by molar-refractivity contribution is 0.0273. The first kappa shape index (κ1) is 13.2. The Kier molecular flexibility index (Phi) is 4.90. The Morgan fingerprint density at radius 1 is 1.28 bits per heavy atom. The second-order valence-corrected chi connectivity index (χ2v) is 4.88. The molecule has 3 N–H and O–H groups in total. The minimum atomic E-state index is 0.367. The Morgan fingerprint density at radius 3 is 2.67 bits per heavy atom. The van der Waals surface area contributed by atoms with Crippen molar-refractivity contribution < 1.29 is 4.74 Å². The monoisotopic (exact) mass is 250 g/mol. The summed E-state index contributed by atoms with van der Waals surface area (Å²) in [4.78, 5) is 8.65. The van der Waals surface area contributed by atoms with Crippen LogP contribution in [0.4, 0.5) is 5.82 Å². The largest absolute Gasteiger partial charge is 0.370 e. The Balaban J connectivity index is 1.90. The number of nitrogens with two attached hydrogens (primary N) is 1. The molecule has 100 valence electrons. The van der Waals surface area contributed by atoms with Gasteiger partial charge in [0.1, 0.15) is 12.4 Å². The third-order valence-corrected chi connectivity index (χ3v) is 3.30. The molecule has 1 heterocycles. The van der Waals surface area contributed by atoms with Crippen LogP contribution in [-0.4, -0.2) is 16.1 Å². The molecular weight excluding hydrogens is 228 g/mol. The van der Waals surface area contributed by atoms with Crippen molar-refractivity contribution in [3.63, 3.8) is 0 Å². The highest BCUT2D eigenvalue weighted by molar-refractivity contribution is 5.33. The maximum absolute atomic E-state index is 5.91. The zero-order valence-corrected chi connectivity index (χ0v) is 11.0. The van der Waals surface area contributed by atoms with Gasteiger partial charge in [-0.25, -0.2) is 15.8 Å². The summed E-state index contributed by atoms with van der Waals surface area (Å²) in [5.41, 5.74) is 3.45. The van der Waals surface area contributed by atoms with Crippen LogP contribution >= 0.6 is 0 Å².